The Bertz CT molecular complexity index is 129. The van der Waals surface area contributed by atoms with Crippen LogP contribution in [0.3, 0.4) is 0 Å². The summed E-state index contributed by atoms with van der Waals surface area (Å²) in [5.74, 6) is 8.88. The van der Waals surface area contributed by atoms with Crippen LogP contribution in [-0.2, 0) is 0 Å². The molecule has 72 valence electrons. The van der Waals surface area contributed by atoms with Crippen molar-refractivity contribution in [2.75, 3.05) is 39.6 Å². The van der Waals surface area contributed by atoms with Gasteiger partial charge in [0.15, 0.2) is 0 Å². The lowest BCUT2D eigenvalue weighted by atomic mass is 10.6. The maximum Gasteiger partial charge on any atom is 0.0229 e. The molecule has 0 aliphatic carbocycles. The minimum Gasteiger partial charge on any atom is -0.243 e. The quantitative estimate of drug-likeness (QED) is 0.593. The Morgan fingerprint density at radius 2 is 2.08 bits per heavy atom. The van der Waals surface area contributed by atoms with Crippen molar-refractivity contribution < 1.29 is 0 Å². The standard InChI is InChI=1S/C8H16S4/c1-3-12(4-2-9-1)7-10-5-8-6-11-8/h8,12H,1-7H2. The number of rotatable bonds is 4. The number of hydrogen-bond donors (Lipinski definition) is 1. The highest BCUT2D eigenvalue weighted by atomic mass is 32.2. The SMILES string of the molecule is C1C[SH](CSCC2CS2)CCS1. The molecule has 0 bridgehead atoms. The van der Waals surface area contributed by atoms with E-state index < -0.39 is 0 Å². The van der Waals surface area contributed by atoms with Crippen molar-refractivity contribution in [3.63, 3.8) is 0 Å². The second-order valence-corrected chi connectivity index (χ2v) is 9.75. The molecule has 2 aliphatic heterocycles. The van der Waals surface area contributed by atoms with Crippen LogP contribution >= 0.6 is 46.2 Å². The molecule has 0 spiro atoms. The lowest BCUT2D eigenvalue weighted by Crippen LogP contribution is -2.08. The molecule has 0 radical (unpaired) electrons. The van der Waals surface area contributed by atoms with Gasteiger partial charge in [-0.2, -0.15) is 35.3 Å². The second-order valence-electron chi connectivity index (χ2n) is 3.19. The average Bonchev–Trinajstić information content (AvgIpc) is 2.90. The van der Waals surface area contributed by atoms with Gasteiger partial charge in [0.25, 0.3) is 0 Å². The Kier molecular flexibility index (Phi) is 4.41. The monoisotopic (exact) mass is 240 g/mol. The van der Waals surface area contributed by atoms with E-state index in [-0.39, 0.29) is 0 Å². The van der Waals surface area contributed by atoms with Gasteiger partial charge in [-0.1, -0.05) is 0 Å². The molecule has 4 heteroatoms. The van der Waals surface area contributed by atoms with Gasteiger partial charge in [-0.05, 0) is 11.5 Å². The molecule has 0 saturated carbocycles. The summed E-state index contributed by atoms with van der Waals surface area (Å²) in [6.07, 6.45) is 0. The van der Waals surface area contributed by atoms with Crippen molar-refractivity contribution in [1.29, 1.82) is 0 Å². The van der Waals surface area contributed by atoms with Crippen LogP contribution in [0.4, 0.5) is 0 Å². The first-order valence-corrected chi connectivity index (χ1v) is 9.70. The van der Waals surface area contributed by atoms with Crippen LogP contribution in [0, 0.1) is 0 Å². The van der Waals surface area contributed by atoms with E-state index in [4.69, 9.17) is 0 Å². The fraction of sp³-hybridized carbons (Fsp3) is 1.00. The summed E-state index contributed by atoms with van der Waals surface area (Å²) in [5.41, 5.74) is 0. The van der Waals surface area contributed by atoms with Crippen LogP contribution in [0.25, 0.3) is 0 Å². The lowest BCUT2D eigenvalue weighted by Gasteiger charge is -2.24. The van der Waals surface area contributed by atoms with Crippen molar-refractivity contribution in [2.24, 2.45) is 0 Å². The van der Waals surface area contributed by atoms with Crippen LogP contribution in [0.15, 0.2) is 0 Å². The molecule has 0 nitrogen and oxygen atoms in total. The van der Waals surface area contributed by atoms with Crippen molar-refractivity contribution >= 4 is 46.2 Å². The van der Waals surface area contributed by atoms with E-state index >= 15 is 0 Å². The fourth-order valence-electron chi connectivity index (χ4n) is 1.21. The summed E-state index contributed by atoms with van der Waals surface area (Å²) in [7, 11) is 0.458. The third-order valence-corrected chi connectivity index (χ3v) is 9.40. The topological polar surface area (TPSA) is 0 Å². The van der Waals surface area contributed by atoms with E-state index in [0.717, 1.165) is 5.25 Å². The van der Waals surface area contributed by atoms with E-state index in [9.17, 15) is 0 Å². The summed E-state index contributed by atoms with van der Waals surface area (Å²) in [5, 5.41) is 2.55. The molecule has 0 N–H and O–H groups in total. The summed E-state index contributed by atoms with van der Waals surface area (Å²) in [6.45, 7) is 0. The Labute approximate surface area is 90.7 Å². The Balaban J connectivity index is 1.52. The van der Waals surface area contributed by atoms with Gasteiger partial charge in [-0.3, -0.25) is 0 Å². The average molecular weight is 240 g/mol. The molecular formula is C8H16S4. The van der Waals surface area contributed by atoms with Crippen molar-refractivity contribution in [1.82, 2.24) is 0 Å². The highest BCUT2D eigenvalue weighted by Gasteiger charge is 2.22. The lowest BCUT2D eigenvalue weighted by molar-refractivity contribution is 1.27. The smallest absolute Gasteiger partial charge is 0.0229 e. The minimum absolute atomic E-state index is 0.458. The van der Waals surface area contributed by atoms with E-state index in [1.165, 1.54) is 28.1 Å². The summed E-state index contributed by atoms with van der Waals surface area (Å²) < 4.78 is 0. The first kappa shape index (κ1) is 9.94. The number of hydrogen-bond acceptors (Lipinski definition) is 3. The van der Waals surface area contributed by atoms with Gasteiger partial charge >= 0.3 is 0 Å². The predicted molar refractivity (Wildman–Crippen MR) is 69.6 cm³/mol. The zero-order valence-corrected chi connectivity index (χ0v) is 10.5. The predicted octanol–water partition coefficient (Wildman–Crippen LogP) is 2.54. The highest BCUT2D eigenvalue weighted by Crippen LogP contribution is 2.38. The van der Waals surface area contributed by atoms with E-state index in [2.05, 4.69) is 35.3 Å². The Hall–Kier alpha value is 1.40. The zero-order valence-electron chi connectivity index (χ0n) is 7.20. The first-order valence-electron chi connectivity index (χ1n) is 4.44. The van der Waals surface area contributed by atoms with Gasteiger partial charge in [0.05, 0.1) is 0 Å². The van der Waals surface area contributed by atoms with Crippen LogP contribution in [0.5, 0.6) is 0 Å². The van der Waals surface area contributed by atoms with Crippen molar-refractivity contribution in [3.05, 3.63) is 0 Å². The van der Waals surface area contributed by atoms with Crippen LogP contribution in [0.2, 0.25) is 0 Å². The molecule has 1 unspecified atom stereocenters. The number of thiol groups is 1. The summed E-state index contributed by atoms with van der Waals surface area (Å²) in [6, 6.07) is 0. The van der Waals surface area contributed by atoms with Crippen LogP contribution in [0.1, 0.15) is 0 Å². The van der Waals surface area contributed by atoms with E-state index in [1.807, 2.05) is 0 Å². The molecule has 12 heavy (non-hydrogen) atoms. The molecule has 0 aromatic heterocycles. The third-order valence-electron chi connectivity index (χ3n) is 2.08. The molecule has 0 amide bonds. The van der Waals surface area contributed by atoms with Gasteiger partial charge < -0.3 is 0 Å². The second kappa shape index (κ2) is 5.32. The van der Waals surface area contributed by atoms with Gasteiger partial charge in [-0.15, -0.1) is 0 Å². The largest absolute Gasteiger partial charge is 0.243 e. The molecule has 0 aromatic rings. The Morgan fingerprint density at radius 3 is 2.75 bits per heavy atom. The molecule has 0 aromatic carbocycles. The molecule has 2 saturated heterocycles. The molecule has 2 aliphatic rings. The van der Waals surface area contributed by atoms with Gasteiger partial charge in [0.1, 0.15) is 0 Å². The molecule has 2 fully saturated rings. The molecular weight excluding hydrogens is 224 g/mol. The third kappa shape index (κ3) is 3.64. The molecule has 2 rings (SSSR count). The Morgan fingerprint density at radius 1 is 1.33 bits per heavy atom. The summed E-state index contributed by atoms with van der Waals surface area (Å²) in [4.78, 5) is 0. The maximum absolute atomic E-state index is 2.23. The van der Waals surface area contributed by atoms with Gasteiger partial charge in [-0.25, -0.2) is 10.9 Å². The first-order chi connectivity index (χ1) is 5.95. The van der Waals surface area contributed by atoms with E-state index in [1.54, 1.807) is 11.5 Å². The molecule has 1 atom stereocenters. The van der Waals surface area contributed by atoms with Gasteiger partial charge in [0, 0.05) is 33.3 Å². The van der Waals surface area contributed by atoms with E-state index in [0.29, 0.717) is 10.9 Å². The summed E-state index contributed by atoms with van der Waals surface area (Å²) >= 11 is 6.52. The molecule has 2 heterocycles. The minimum atomic E-state index is 0.458. The highest BCUT2D eigenvalue weighted by molar-refractivity contribution is 8.27. The van der Waals surface area contributed by atoms with Crippen molar-refractivity contribution in [2.45, 2.75) is 5.25 Å². The zero-order chi connectivity index (χ0) is 8.23. The van der Waals surface area contributed by atoms with Crippen LogP contribution in [-0.4, -0.2) is 44.9 Å². The van der Waals surface area contributed by atoms with Crippen molar-refractivity contribution in [3.8, 4) is 0 Å². The van der Waals surface area contributed by atoms with Gasteiger partial charge in [0.2, 0.25) is 0 Å². The normalized spacial score (nSPS) is 32.0. The van der Waals surface area contributed by atoms with Crippen LogP contribution < -0.4 is 0 Å². The maximum atomic E-state index is 2.23. The number of thioether (sulfide) groups is 3. The fourth-order valence-corrected chi connectivity index (χ4v) is 8.68.